The van der Waals surface area contributed by atoms with Crippen molar-refractivity contribution in [1.29, 1.82) is 0 Å². The van der Waals surface area contributed by atoms with E-state index in [1.165, 1.54) is 40.1 Å². The predicted octanol–water partition coefficient (Wildman–Crippen LogP) is 4.75. The molecule has 0 aliphatic heterocycles. The van der Waals surface area contributed by atoms with Crippen LogP contribution in [0.15, 0.2) is 46.0 Å². The van der Waals surface area contributed by atoms with Crippen LogP contribution in [0.4, 0.5) is 9.52 Å². The third kappa shape index (κ3) is 3.78. The highest BCUT2D eigenvalue weighted by Crippen LogP contribution is 2.36. The molecule has 1 aromatic carbocycles. The number of rotatable bonds is 5. The average Bonchev–Trinajstić information content (AvgIpc) is 3.20. The lowest BCUT2D eigenvalue weighted by atomic mass is 10.2. The zero-order chi connectivity index (χ0) is 17.2. The van der Waals surface area contributed by atoms with Gasteiger partial charge in [0.1, 0.15) is 22.0 Å². The van der Waals surface area contributed by atoms with Crippen LogP contribution in [0.25, 0.3) is 10.2 Å². The number of fused-ring (bicyclic) bond motifs is 1. The van der Waals surface area contributed by atoms with E-state index in [1.807, 2.05) is 0 Å². The Bertz CT molecular complexity index is 1010. The van der Waals surface area contributed by atoms with Gasteiger partial charge in [-0.05, 0) is 42.4 Å². The lowest BCUT2D eigenvalue weighted by Crippen LogP contribution is -1.98. The van der Waals surface area contributed by atoms with Gasteiger partial charge >= 0.3 is 0 Å². The van der Waals surface area contributed by atoms with Crippen LogP contribution in [0, 0.1) is 12.7 Å². The minimum absolute atomic E-state index is 0.238. The number of aromatic nitrogens is 4. The number of thiophene rings is 1. The zero-order valence-electron chi connectivity index (χ0n) is 13.1. The molecule has 0 amide bonds. The molecular formula is C16H12FN5S3. The van der Waals surface area contributed by atoms with E-state index in [1.54, 1.807) is 29.8 Å². The van der Waals surface area contributed by atoms with E-state index in [9.17, 15) is 4.39 Å². The van der Waals surface area contributed by atoms with E-state index in [0.29, 0.717) is 6.54 Å². The van der Waals surface area contributed by atoms with Crippen molar-refractivity contribution in [1.82, 2.24) is 20.2 Å². The third-order valence-electron chi connectivity index (χ3n) is 3.36. The second-order valence-corrected chi connectivity index (χ2v) is 8.66. The number of nitrogens with one attached hydrogen (secondary N) is 1. The number of halogens is 1. The second-order valence-electron chi connectivity index (χ2n) is 5.21. The summed E-state index contributed by atoms with van der Waals surface area (Å²) in [6.45, 7) is 2.63. The van der Waals surface area contributed by atoms with E-state index in [-0.39, 0.29) is 5.82 Å². The average molecular weight is 390 g/mol. The van der Waals surface area contributed by atoms with Crippen LogP contribution < -0.4 is 5.32 Å². The molecule has 0 saturated heterocycles. The van der Waals surface area contributed by atoms with Crippen LogP contribution in [0.3, 0.4) is 0 Å². The molecule has 0 radical (unpaired) electrons. The van der Waals surface area contributed by atoms with Gasteiger partial charge in [-0.25, -0.2) is 14.4 Å². The van der Waals surface area contributed by atoms with E-state index < -0.39 is 0 Å². The Labute approximate surface area is 155 Å². The van der Waals surface area contributed by atoms with Gasteiger partial charge in [-0.2, -0.15) is 0 Å². The summed E-state index contributed by atoms with van der Waals surface area (Å²) < 4.78 is 13.7. The fourth-order valence-electron chi connectivity index (χ4n) is 2.22. The van der Waals surface area contributed by atoms with Crippen molar-refractivity contribution in [3.8, 4) is 0 Å². The Balaban J connectivity index is 1.46. The molecule has 126 valence electrons. The standard InChI is InChI=1S/C16H12FN5S3/c1-9-6-12-13(23-9)19-8-20-14(12)24-16-22-21-15(25-16)18-7-10-2-4-11(17)5-3-10/h2-6,8H,7H2,1H3,(H,18,21). The monoisotopic (exact) mass is 389 g/mol. The van der Waals surface area contributed by atoms with Gasteiger partial charge in [0.2, 0.25) is 5.13 Å². The topological polar surface area (TPSA) is 63.6 Å². The number of hydrogen-bond donors (Lipinski definition) is 1. The van der Waals surface area contributed by atoms with E-state index in [4.69, 9.17) is 0 Å². The van der Waals surface area contributed by atoms with E-state index in [0.717, 1.165) is 30.3 Å². The molecule has 0 bridgehead atoms. The summed E-state index contributed by atoms with van der Waals surface area (Å²) >= 11 is 4.60. The summed E-state index contributed by atoms with van der Waals surface area (Å²) in [6.07, 6.45) is 1.58. The van der Waals surface area contributed by atoms with Crippen LogP contribution in [0.5, 0.6) is 0 Å². The van der Waals surface area contributed by atoms with Gasteiger partial charge in [0.05, 0.1) is 0 Å². The molecule has 3 aromatic heterocycles. The Morgan fingerprint density at radius 3 is 2.80 bits per heavy atom. The normalized spacial score (nSPS) is 11.1. The Kier molecular flexibility index (Phi) is 4.60. The second kappa shape index (κ2) is 7.03. The Morgan fingerprint density at radius 2 is 1.96 bits per heavy atom. The number of hydrogen-bond acceptors (Lipinski definition) is 8. The molecule has 25 heavy (non-hydrogen) atoms. The summed E-state index contributed by atoms with van der Waals surface area (Å²) in [7, 11) is 0. The van der Waals surface area contributed by atoms with Gasteiger partial charge in [0, 0.05) is 16.8 Å². The maximum Gasteiger partial charge on any atom is 0.206 e. The summed E-state index contributed by atoms with van der Waals surface area (Å²) in [5.74, 6) is -0.238. The molecule has 0 unspecified atom stereocenters. The molecular weight excluding hydrogens is 377 g/mol. The van der Waals surface area contributed by atoms with Gasteiger partial charge in [-0.3, -0.25) is 0 Å². The largest absolute Gasteiger partial charge is 0.356 e. The van der Waals surface area contributed by atoms with Gasteiger partial charge in [-0.15, -0.1) is 21.5 Å². The zero-order valence-corrected chi connectivity index (χ0v) is 15.5. The van der Waals surface area contributed by atoms with Crippen molar-refractivity contribution in [3.63, 3.8) is 0 Å². The molecule has 0 fully saturated rings. The van der Waals surface area contributed by atoms with Gasteiger partial charge in [0.15, 0.2) is 4.34 Å². The van der Waals surface area contributed by atoms with Crippen LogP contribution in [0.1, 0.15) is 10.4 Å². The Morgan fingerprint density at radius 1 is 1.12 bits per heavy atom. The molecule has 1 N–H and O–H groups in total. The highest BCUT2D eigenvalue weighted by atomic mass is 32.2. The minimum Gasteiger partial charge on any atom is -0.356 e. The SMILES string of the molecule is Cc1cc2c(Sc3nnc(NCc4ccc(F)cc4)s3)ncnc2s1. The molecule has 0 atom stereocenters. The van der Waals surface area contributed by atoms with Gasteiger partial charge in [0.25, 0.3) is 0 Å². The smallest absolute Gasteiger partial charge is 0.206 e. The first-order valence-corrected chi connectivity index (χ1v) is 9.83. The van der Waals surface area contributed by atoms with Crippen molar-refractivity contribution in [2.24, 2.45) is 0 Å². The maximum atomic E-state index is 12.9. The minimum atomic E-state index is -0.238. The van der Waals surface area contributed by atoms with Crippen molar-refractivity contribution < 1.29 is 4.39 Å². The predicted molar refractivity (Wildman–Crippen MR) is 99.9 cm³/mol. The molecule has 0 saturated carbocycles. The van der Waals surface area contributed by atoms with Gasteiger partial charge < -0.3 is 5.32 Å². The molecule has 0 aliphatic carbocycles. The molecule has 4 rings (SSSR count). The van der Waals surface area contributed by atoms with E-state index >= 15 is 0 Å². The maximum absolute atomic E-state index is 12.9. The lowest BCUT2D eigenvalue weighted by Gasteiger charge is -2.01. The summed E-state index contributed by atoms with van der Waals surface area (Å²) in [5, 5.41) is 14.2. The lowest BCUT2D eigenvalue weighted by molar-refractivity contribution is 0.627. The van der Waals surface area contributed by atoms with Crippen LogP contribution >= 0.6 is 34.4 Å². The molecule has 0 spiro atoms. The fourth-order valence-corrected chi connectivity index (χ4v) is 4.86. The molecule has 5 nitrogen and oxygen atoms in total. The quantitative estimate of drug-likeness (QED) is 0.497. The Hall–Kier alpha value is -2.10. The highest BCUT2D eigenvalue weighted by molar-refractivity contribution is 8.01. The van der Waals surface area contributed by atoms with Crippen LogP contribution in [-0.4, -0.2) is 20.2 Å². The molecule has 4 aromatic rings. The number of aryl methyl sites for hydroxylation is 1. The van der Waals surface area contributed by atoms with Crippen molar-refractivity contribution in [3.05, 3.63) is 52.9 Å². The fraction of sp³-hybridized carbons (Fsp3) is 0.125. The number of benzene rings is 1. The van der Waals surface area contributed by atoms with Gasteiger partial charge in [-0.1, -0.05) is 23.5 Å². The first-order valence-electron chi connectivity index (χ1n) is 7.38. The van der Waals surface area contributed by atoms with E-state index in [2.05, 4.69) is 38.5 Å². The summed E-state index contributed by atoms with van der Waals surface area (Å²) in [5.41, 5.74) is 0.983. The van der Waals surface area contributed by atoms with Crippen molar-refractivity contribution in [2.45, 2.75) is 22.8 Å². The molecule has 3 heterocycles. The number of anilines is 1. The van der Waals surface area contributed by atoms with Crippen LogP contribution in [0.2, 0.25) is 0 Å². The molecule has 0 aliphatic rings. The third-order valence-corrected chi connectivity index (χ3v) is 6.27. The first kappa shape index (κ1) is 16.4. The van der Waals surface area contributed by atoms with Crippen molar-refractivity contribution in [2.75, 3.05) is 5.32 Å². The summed E-state index contributed by atoms with van der Waals surface area (Å²) in [4.78, 5) is 10.9. The summed E-state index contributed by atoms with van der Waals surface area (Å²) in [6, 6.07) is 8.48. The highest BCUT2D eigenvalue weighted by Gasteiger charge is 2.12. The first-order chi connectivity index (χ1) is 12.2. The molecule has 9 heteroatoms. The van der Waals surface area contributed by atoms with Crippen molar-refractivity contribution >= 4 is 49.8 Å². The van der Waals surface area contributed by atoms with Crippen LogP contribution in [-0.2, 0) is 6.54 Å². The number of nitrogens with zero attached hydrogens (tertiary/aromatic N) is 4.